The van der Waals surface area contributed by atoms with Gasteiger partial charge in [-0.2, -0.15) is 13.0 Å². The Labute approximate surface area is 463 Å². The van der Waals surface area contributed by atoms with E-state index in [4.69, 9.17) is 19.5 Å². The second kappa shape index (κ2) is 25.9. The number of benzene rings is 5. The van der Waals surface area contributed by atoms with Crippen LogP contribution >= 0.6 is 35.1 Å². The molecule has 0 saturated carbocycles. The lowest BCUT2D eigenvalue weighted by molar-refractivity contribution is -0.667. The van der Waals surface area contributed by atoms with Gasteiger partial charge in [-0.15, -0.1) is 4.33 Å². The van der Waals surface area contributed by atoms with E-state index in [0.29, 0.717) is 61.3 Å². The minimum atomic E-state index is -4.16. The van der Waals surface area contributed by atoms with E-state index in [1.54, 1.807) is 46.2 Å². The summed E-state index contributed by atoms with van der Waals surface area (Å²) in [6.07, 6.45) is 6.29. The fraction of sp³-hybridized carbons (Fsp3) is 0.291. The first-order valence-corrected chi connectivity index (χ1v) is 29.3. The number of hydrogen-bond donors (Lipinski definition) is 3. The number of anilines is 2. The van der Waals surface area contributed by atoms with Crippen molar-refractivity contribution in [2.75, 3.05) is 74.7 Å². The Morgan fingerprint density at radius 3 is 2.37 bits per heavy atom. The van der Waals surface area contributed by atoms with Crippen molar-refractivity contribution >= 4 is 107 Å². The molecule has 3 N–H and O–H groups in total. The highest BCUT2D eigenvalue weighted by Crippen LogP contribution is 2.48. The topological polar surface area (TPSA) is 218 Å². The molecule has 0 unspecified atom stereocenters. The Bertz CT molecular complexity index is 3430. The van der Waals surface area contributed by atoms with Crippen molar-refractivity contribution < 1.29 is 65.6 Å². The summed E-state index contributed by atoms with van der Waals surface area (Å²) in [6.45, 7) is 5.57. The van der Waals surface area contributed by atoms with E-state index >= 15 is 0 Å². The third-order valence-electron chi connectivity index (χ3n) is 12.9. The van der Waals surface area contributed by atoms with Gasteiger partial charge in [0.05, 0.1) is 72.1 Å². The summed E-state index contributed by atoms with van der Waals surface area (Å²) in [4.78, 5) is 61.7. The quantitative estimate of drug-likeness (QED) is 0.00712. The average molecular weight is 1140 g/mol. The van der Waals surface area contributed by atoms with Crippen molar-refractivity contribution in [3.8, 4) is 16.9 Å². The molecule has 0 atom stereocenters. The summed E-state index contributed by atoms with van der Waals surface area (Å²) >= 11 is 4.05. The van der Waals surface area contributed by atoms with Gasteiger partial charge < -0.3 is 29.3 Å². The van der Waals surface area contributed by atoms with Crippen LogP contribution in [0.5, 0.6) is 5.75 Å². The van der Waals surface area contributed by atoms with Crippen LogP contribution in [0.25, 0.3) is 38.2 Å². The average Bonchev–Trinajstić information content (AvgIpc) is 4.32. The molecule has 19 nitrogen and oxygen atoms in total. The molecule has 6 aromatic rings. The van der Waals surface area contributed by atoms with E-state index in [9.17, 15) is 32.1 Å². The number of imide groups is 2. The summed E-state index contributed by atoms with van der Waals surface area (Å²) < 4.78 is 58.9. The number of hydrogen-bond acceptors (Lipinski definition) is 17. The van der Waals surface area contributed by atoms with E-state index < -0.39 is 40.4 Å². The maximum Gasteiger partial charge on any atom is 0.334 e. The second-order valence-electron chi connectivity index (χ2n) is 18.0. The van der Waals surface area contributed by atoms with E-state index in [1.165, 1.54) is 12.2 Å². The molecule has 78 heavy (non-hydrogen) atoms. The maximum absolute atomic E-state index is 13.8. The van der Waals surface area contributed by atoms with Crippen LogP contribution in [0.4, 0.5) is 16.2 Å². The Morgan fingerprint density at radius 2 is 1.59 bits per heavy atom. The van der Waals surface area contributed by atoms with E-state index in [1.807, 2.05) is 44.2 Å². The van der Waals surface area contributed by atoms with Crippen LogP contribution in [0.1, 0.15) is 38.1 Å². The number of fused-ring (bicyclic) bond motifs is 5. The fourth-order valence-corrected chi connectivity index (χ4v) is 12.4. The Hall–Kier alpha value is -6.64. The molecule has 23 heteroatoms. The SMILES string of the molecule is CCCCN1C(=O)C(=CC=C2Oc3ccc(SOOO)cc3N2CC)C(=O)N(CC(=O)NCCOCCOCCN2C(=Cc3sc4ccc5ccccc5c4[n+]3CCCS(=O)(=O)O)Sc3ccc(-c4ccccc4)cc32)C1=O. The molecule has 9 rings (SSSR count). The number of aryl methyl sites for hydroxylation is 1. The summed E-state index contributed by atoms with van der Waals surface area (Å²) in [5.74, 6) is -1.86. The summed E-state index contributed by atoms with van der Waals surface area (Å²) in [5, 5.41) is 19.0. The lowest BCUT2D eigenvalue weighted by Gasteiger charge is -2.33. The largest absolute Gasteiger partial charge is 0.439 e. The zero-order valence-electron chi connectivity index (χ0n) is 42.7. The molecule has 3 aliphatic heterocycles. The Balaban J connectivity index is 0.813. The molecule has 5 amide bonds. The molecule has 0 bridgehead atoms. The van der Waals surface area contributed by atoms with Gasteiger partial charge in [0.2, 0.25) is 17.3 Å². The highest BCUT2D eigenvalue weighted by molar-refractivity contribution is 8.04. The smallest absolute Gasteiger partial charge is 0.334 e. The van der Waals surface area contributed by atoms with E-state index in [2.05, 4.69) is 84.8 Å². The third-order valence-corrected chi connectivity index (χ3v) is 16.5. The lowest BCUT2D eigenvalue weighted by Crippen LogP contribution is -2.58. The van der Waals surface area contributed by atoms with Gasteiger partial charge in [-0.25, -0.2) is 15.0 Å². The highest BCUT2D eigenvalue weighted by Gasteiger charge is 2.42. The minimum Gasteiger partial charge on any atom is -0.439 e. The van der Waals surface area contributed by atoms with Crippen molar-refractivity contribution in [1.82, 2.24) is 15.1 Å². The number of amides is 5. The van der Waals surface area contributed by atoms with Crippen LogP contribution in [-0.4, -0.2) is 117 Å². The number of carbonyl (C=O) groups is 4. The second-order valence-corrected chi connectivity index (χ2v) is 22.5. The number of unbranched alkanes of at least 4 members (excludes halogenated alkanes) is 1. The molecule has 1 aromatic heterocycles. The molecule has 5 aromatic carbocycles. The van der Waals surface area contributed by atoms with Gasteiger partial charge in [-0.3, -0.25) is 23.8 Å². The van der Waals surface area contributed by atoms with Crippen molar-refractivity contribution in [2.45, 2.75) is 49.4 Å². The summed E-state index contributed by atoms with van der Waals surface area (Å²) in [5.41, 5.74) is 4.53. The molecule has 0 radical (unpaired) electrons. The van der Waals surface area contributed by atoms with Gasteiger partial charge in [0.25, 0.3) is 26.9 Å². The van der Waals surface area contributed by atoms with Gasteiger partial charge in [0.15, 0.2) is 12.3 Å². The third kappa shape index (κ3) is 13.1. The number of thiazole rings is 1. The Morgan fingerprint density at radius 1 is 0.808 bits per heavy atom. The lowest BCUT2D eigenvalue weighted by atomic mass is 10.0. The molecule has 3 aliphatic rings. The van der Waals surface area contributed by atoms with Crippen molar-refractivity contribution in [2.24, 2.45) is 0 Å². The molecular formula is C55H57N6O13S4+. The van der Waals surface area contributed by atoms with Crippen molar-refractivity contribution in [3.05, 3.63) is 137 Å². The standard InChI is InChI=1S/C55H56N6O13S4/c1-3-5-25-60-53(63)42(19-23-49-57(4-2)43-34-40(77-74-73-66)18-20-45(43)72-49)54(64)61(55(60)65)36-48(62)56-24-28-70-30-31-71-29-27-58-44-33-39(37-12-7-6-8-13-37)17-21-46(44)75-50(58)35-51-59(26-11-32-78(67,68)69)52-41-15-10-9-14-38(41)16-22-47(52)76-51/h6-10,12-23,33-35H,3-5,11,24-32,36H2,1-2H3,(H2-,56,62,66,67,68,69)/p+1. The number of ether oxygens (including phenoxy) is 3. The predicted molar refractivity (Wildman–Crippen MR) is 299 cm³/mol. The Kier molecular flexibility index (Phi) is 18.6. The highest BCUT2D eigenvalue weighted by atomic mass is 32.2. The normalized spacial score (nSPS) is 16.2. The molecule has 1 fully saturated rings. The van der Waals surface area contributed by atoms with E-state index in [-0.39, 0.29) is 50.7 Å². The number of aromatic nitrogens is 1. The summed E-state index contributed by atoms with van der Waals surface area (Å²) in [7, 11) is -4.16. The fourth-order valence-electron chi connectivity index (χ4n) is 9.19. The van der Waals surface area contributed by atoms with Gasteiger partial charge in [0.1, 0.15) is 16.8 Å². The van der Waals surface area contributed by atoms with E-state index in [0.717, 1.165) is 74.6 Å². The van der Waals surface area contributed by atoms with Crippen LogP contribution < -0.4 is 24.4 Å². The number of barbiturate groups is 1. The minimum absolute atomic E-state index is 0.0539. The molecule has 0 spiro atoms. The van der Waals surface area contributed by atoms with Crippen LogP contribution in [0, 0.1) is 0 Å². The molecular weight excluding hydrogens is 1080 g/mol. The molecule has 4 heterocycles. The first kappa shape index (κ1) is 56.1. The van der Waals surface area contributed by atoms with Gasteiger partial charge in [0, 0.05) is 42.4 Å². The van der Waals surface area contributed by atoms with Crippen molar-refractivity contribution in [1.29, 1.82) is 0 Å². The predicted octanol–water partition coefficient (Wildman–Crippen LogP) is 9.05. The number of allylic oxidation sites excluding steroid dienone is 2. The molecule has 0 aliphatic carbocycles. The molecule has 408 valence electrons. The van der Waals surface area contributed by atoms with Crippen molar-refractivity contribution in [3.63, 3.8) is 0 Å². The number of rotatable bonds is 25. The number of urea groups is 1. The summed E-state index contributed by atoms with van der Waals surface area (Å²) in [6, 6.07) is 33.1. The number of carbonyl (C=O) groups excluding carboxylic acids is 4. The van der Waals surface area contributed by atoms with Gasteiger partial charge in [-0.05, 0) is 84.5 Å². The zero-order valence-corrected chi connectivity index (χ0v) is 46.0. The van der Waals surface area contributed by atoms with Gasteiger partial charge in [-0.1, -0.05) is 102 Å². The first-order chi connectivity index (χ1) is 37.8. The van der Waals surface area contributed by atoms with Crippen LogP contribution in [0.15, 0.2) is 142 Å². The van der Waals surface area contributed by atoms with Crippen LogP contribution in [0.2, 0.25) is 0 Å². The van der Waals surface area contributed by atoms with Crippen LogP contribution in [-0.2, 0) is 49.9 Å². The number of thioether (sulfide) groups is 1. The zero-order chi connectivity index (χ0) is 54.8. The van der Waals surface area contributed by atoms with Crippen LogP contribution in [0.3, 0.4) is 0 Å². The first-order valence-electron chi connectivity index (χ1n) is 25.3. The van der Waals surface area contributed by atoms with Gasteiger partial charge >= 0.3 is 6.03 Å². The number of nitrogens with zero attached hydrogens (tertiary/aromatic N) is 5. The molecule has 1 saturated heterocycles. The monoisotopic (exact) mass is 1140 g/mol. The maximum atomic E-state index is 13.8. The number of nitrogens with one attached hydrogen (secondary N) is 1.